The fourth-order valence-electron chi connectivity index (χ4n) is 2.32. The van der Waals surface area contributed by atoms with Crippen molar-refractivity contribution in [1.82, 2.24) is 15.0 Å². The highest BCUT2D eigenvalue weighted by atomic mass is 16.5. The van der Waals surface area contributed by atoms with Crippen molar-refractivity contribution in [2.45, 2.75) is 44.2 Å². The molecule has 1 aliphatic heterocycles. The second-order valence-electron chi connectivity index (χ2n) is 4.77. The van der Waals surface area contributed by atoms with Crippen LogP contribution >= 0.6 is 0 Å². The molecule has 2 fully saturated rings. The monoisotopic (exact) mass is 223 g/mol. The van der Waals surface area contributed by atoms with E-state index in [4.69, 9.17) is 4.52 Å². The van der Waals surface area contributed by atoms with E-state index < -0.39 is 0 Å². The normalized spacial score (nSPS) is 26.4. The topological polar surface area (TPSA) is 62.4 Å². The lowest BCUT2D eigenvalue weighted by Gasteiger charge is -2.20. The largest absolute Gasteiger partial charge is 0.395 e. The maximum Gasteiger partial charge on any atom is 0.229 e. The number of rotatable bonds is 4. The molecule has 2 heterocycles. The van der Waals surface area contributed by atoms with Crippen molar-refractivity contribution in [3.63, 3.8) is 0 Å². The van der Waals surface area contributed by atoms with Crippen LogP contribution in [0.15, 0.2) is 4.52 Å². The second-order valence-corrected chi connectivity index (χ2v) is 4.77. The first-order valence-corrected chi connectivity index (χ1v) is 6.04. The van der Waals surface area contributed by atoms with Gasteiger partial charge >= 0.3 is 0 Å². The summed E-state index contributed by atoms with van der Waals surface area (Å²) in [6.07, 6.45) is 4.59. The Morgan fingerprint density at radius 3 is 3.00 bits per heavy atom. The minimum absolute atomic E-state index is 0.229. The first kappa shape index (κ1) is 10.2. The van der Waals surface area contributed by atoms with Crippen molar-refractivity contribution >= 4 is 0 Å². The third-order valence-corrected chi connectivity index (χ3v) is 3.46. The minimum atomic E-state index is 0.229. The van der Waals surface area contributed by atoms with E-state index in [1.54, 1.807) is 0 Å². The van der Waals surface area contributed by atoms with Gasteiger partial charge in [-0.2, -0.15) is 4.98 Å². The molecular weight excluding hydrogens is 206 g/mol. The molecular formula is C11H17N3O2. The fourth-order valence-corrected chi connectivity index (χ4v) is 2.32. The Labute approximate surface area is 94.4 Å². The van der Waals surface area contributed by atoms with Crippen LogP contribution in [0.5, 0.6) is 0 Å². The van der Waals surface area contributed by atoms with Crippen LogP contribution in [0, 0.1) is 0 Å². The zero-order valence-corrected chi connectivity index (χ0v) is 9.30. The van der Waals surface area contributed by atoms with Crippen molar-refractivity contribution < 1.29 is 9.63 Å². The summed E-state index contributed by atoms with van der Waals surface area (Å²) in [6.45, 7) is 1.97. The summed E-state index contributed by atoms with van der Waals surface area (Å²) in [6, 6.07) is 0.280. The Morgan fingerprint density at radius 1 is 1.38 bits per heavy atom. The van der Waals surface area contributed by atoms with Gasteiger partial charge in [-0.15, -0.1) is 0 Å². The van der Waals surface area contributed by atoms with Gasteiger partial charge in [0.1, 0.15) is 0 Å². The maximum absolute atomic E-state index is 9.21. The highest BCUT2D eigenvalue weighted by molar-refractivity contribution is 5.02. The average molecular weight is 223 g/mol. The summed E-state index contributed by atoms with van der Waals surface area (Å²) >= 11 is 0. The minimum Gasteiger partial charge on any atom is -0.395 e. The predicted octanol–water partition coefficient (Wildman–Crippen LogP) is 0.904. The molecule has 1 N–H and O–H groups in total. The zero-order valence-electron chi connectivity index (χ0n) is 9.30. The predicted molar refractivity (Wildman–Crippen MR) is 56.8 cm³/mol. The molecule has 1 saturated heterocycles. The third-order valence-electron chi connectivity index (χ3n) is 3.46. The Hall–Kier alpha value is -0.940. The van der Waals surface area contributed by atoms with Crippen LogP contribution in [0.3, 0.4) is 0 Å². The second kappa shape index (κ2) is 4.14. The van der Waals surface area contributed by atoms with Crippen molar-refractivity contribution in [2.75, 3.05) is 13.2 Å². The van der Waals surface area contributed by atoms with Gasteiger partial charge in [0.2, 0.25) is 5.89 Å². The van der Waals surface area contributed by atoms with E-state index in [0.717, 1.165) is 31.1 Å². The molecule has 1 aromatic heterocycles. The van der Waals surface area contributed by atoms with Gasteiger partial charge in [-0.3, -0.25) is 4.90 Å². The molecule has 0 amide bonds. The number of aromatic nitrogens is 2. The van der Waals surface area contributed by atoms with Crippen molar-refractivity contribution in [3.8, 4) is 0 Å². The van der Waals surface area contributed by atoms with Gasteiger partial charge in [0.05, 0.1) is 13.2 Å². The van der Waals surface area contributed by atoms with E-state index in [1.807, 2.05) is 0 Å². The summed E-state index contributed by atoms with van der Waals surface area (Å²) in [4.78, 5) is 6.64. The first-order chi connectivity index (χ1) is 7.86. The number of hydrogen-bond donors (Lipinski definition) is 1. The van der Waals surface area contributed by atoms with Crippen molar-refractivity contribution in [3.05, 3.63) is 11.7 Å². The molecule has 1 unspecified atom stereocenters. The van der Waals surface area contributed by atoms with E-state index >= 15 is 0 Å². The smallest absolute Gasteiger partial charge is 0.229 e. The van der Waals surface area contributed by atoms with Crippen LogP contribution < -0.4 is 0 Å². The molecule has 1 saturated carbocycles. The highest BCUT2D eigenvalue weighted by Gasteiger charge is 2.30. The number of nitrogens with zero attached hydrogens (tertiary/aromatic N) is 3. The SMILES string of the molecule is OCC1CCCN1Cc1noc(C2CC2)n1. The number of aliphatic hydroxyl groups is 1. The Kier molecular flexibility index (Phi) is 2.65. The molecule has 5 nitrogen and oxygen atoms in total. The Morgan fingerprint density at radius 2 is 2.25 bits per heavy atom. The molecule has 88 valence electrons. The molecule has 16 heavy (non-hydrogen) atoms. The average Bonchev–Trinajstić information content (AvgIpc) is 2.88. The molecule has 0 radical (unpaired) electrons. The Balaban J connectivity index is 1.63. The quantitative estimate of drug-likeness (QED) is 0.821. The summed E-state index contributed by atoms with van der Waals surface area (Å²) < 4.78 is 5.22. The van der Waals surface area contributed by atoms with Crippen LogP contribution in [-0.4, -0.2) is 39.3 Å². The molecule has 0 aromatic carbocycles. The van der Waals surface area contributed by atoms with Crippen LogP contribution in [0.2, 0.25) is 0 Å². The summed E-state index contributed by atoms with van der Waals surface area (Å²) in [5, 5.41) is 13.2. The van der Waals surface area contributed by atoms with Crippen molar-refractivity contribution in [1.29, 1.82) is 0 Å². The highest BCUT2D eigenvalue weighted by Crippen LogP contribution is 2.38. The molecule has 0 bridgehead atoms. The fraction of sp³-hybridized carbons (Fsp3) is 0.818. The standard InChI is InChI=1S/C11H17N3O2/c15-7-9-2-1-5-14(9)6-10-12-11(16-13-10)8-3-4-8/h8-9,15H,1-7H2. The van der Waals surface area contributed by atoms with E-state index in [1.165, 1.54) is 12.8 Å². The summed E-state index contributed by atoms with van der Waals surface area (Å²) in [5.41, 5.74) is 0. The van der Waals surface area contributed by atoms with Gasteiger partial charge in [-0.05, 0) is 32.2 Å². The number of likely N-dealkylation sites (tertiary alicyclic amines) is 1. The lowest BCUT2D eigenvalue weighted by Crippen LogP contribution is -2.31. The van der Waals surface area contributed by atoms with Gasteiger partial charge in [0.25, 0.3) is 0 Å². The molecule has 2 aliphatic rings. The van der Waals surface area contributed by atoms with E-state index in [2.05, 4.69) is 15.0 Å². The van der Waals surface area contributed by atoms with Crippen molar-refractivity contribution in [2.24, 2.45) is 0 Å². The molecule has 1 aliphatic carbocycles. The van der Waals surface area contributed by atoms with Gasteiger partial charge < -0.3 is 9.63 Å². The van der Waals surface area contributed by atoms with Gasteiger partial charge in [0.15, 0.2) is 5.82 Å². The summed E-state index contributed by atoms with van der Waals surface area (Å²) in [5.74, 6) is 2.09. The number of hydrogen-bond acceptors (Lipinski definition) is 5. The molecule has 5 heteroatoms. The third kappa shape index (κ3) is 1.97. The van der Waals surface area contributed by atoms with Crippen LogP contribution in [-0.2, 0) is 6.54 Å². The lowest BCUT2D eigenvalue weighted by atomic mass is 10.2. The van der Waals surface area contributed by atoms with Gasteiger partial charge in [0, 0.05) is 12.0 Å². The molecule has 1 aromatic rings. The number of aliphatic hydroxyl groups excluding tert-OH is 1. The van der Waals surface area contributed by atoms with Crippen LogP contribution in [0.1, 0.15) is 43.3 Å². The van der Waals surface area contributed by atoms with Gasteiger partial charge in [-0.1, -0.05) is 5.16 Å². The maximum atomic E-state index is 9.21. The van der Waals surface area contributed by atoms with Crippen LogP contribution in [0.25, 0.3) is 0 Å². The van der Waals surface area contributed by atoms with E-state index in [0.29, 0.717) is 12.5 Å². The zero-order chi connectivity index (χ0) is 11.0. The lowest BCUT2D eigenvalue weighted by molar-refractivity contribution is 0.150. The van der Waals surface area contributed by atoms with E-state index in [9.17, 15) is 5.11 Å². The van der Waals surface area contributed by atoms with Crippen LogP contribution in [0.4, 0.5) is 0 Å². The summed E-state index contributed by atoms with van der Waals surface area (Å²) in [7, 11) is 0. The molecule has 0 spiro atoms. The first-order valence-electron chi connectivity index (χ1n) is 6.04. The molecule has 1 atom stereocenters. The van der Waals surface area contributed by atoms with E-state index in [-0.39, 0.29) is 12.6 Å². The van der Waals surface area contributed by atoms with Gasteiger partial charge in [-0.25, -0.2) is 0 Å². The molecule has 3 rings (SSSR count). The Bertz CT molecular complexity index is 362.